The summed E-state index contributed by atoms with van der Waals surface area (Å²) >= 11 is 0. The van der Waals surface area contributed by atoms with Gasteiger partial charge in [0.05, 0.1) is 26.9 Å². The molecule has 3 amide bonds. The van der Waals surface area contributed by atoms with E-state index in [0.29, 0.717) is 12.5 Å². The number of ether oxygens (including phenoxy) is 2. The first-order valence-electron chi connectivity index (χ1n) is 12.2. The minimum absolute atomic E-state index is 0.0337. The molecule has 3 aliphatic rings. The number of nitrogens with zero attached hydrogens (tertiary/aromatic N) is 1. The molecule has 0 spiro atoms. The van der Waals surface area contributed by atoms with Gasteiger partial charge in [0.2, 0.25) is 5.91 Å². The number of fused-ring (bicyclic) bond motifs is 1. The average molecular weight is 464 g/mol. The van der Waals surface area contributed by atoms with Crippen LogP contribution in [0.1, 0.15) is 53.9 Å². The van der Waals surface area contributed by atoms with E-state index < -0.39 is 0 Å². The van der Waals surface area contributed by atoms with E-state index in [0.717, 1.165) is 61.6 Å². The predicted molar refractivity (Wildman–Crippen MR) is 131 cm³/mol. The van der Waals surface area contributed by atoms with Crippen molar-refractivity contribution in [1.82, 2.24) is 4.90 Å². The highest BCUT2D eigenvalue weighted by Crippen LogP contribution is 2.36. The van der Waals surface area contributed by atoms with Gasteiger partial charge >= 0.3 is 6.03 Å². The number of aryl methyl sites for hydroxylation is 2. The summed E-state index contributed by atoms with van der Waals surface area (Å²) in [6.07, 6.45) is 3.20. The van der Waals surface area contributed by atoms with E-state index in [9.17, 15) is 9.59 Å². The monoisotopic (exact) mass is 463 g/mol. The van der Waals surface area contributed by atoms with Crippen LogP contribution >= 0.6 is 0 Å². The number of amides is 3. The molecule has 0 atom stereocenters. The molecule has 2 heterocycles. The van der Waals surface area contributed by atoms with E-state index in [1.165, 1.54) is 16.7 Å². The molecule has 1 saturated carbocycles. The third-order valence-corrected chi connectivity index (χ3v) is 7.62. The van der Waals surface area contributed by atoms with Crippen molar-refractivity contribution in [1.29, 1.82) is 0 Å². The summed E-state index contributed by atoms with van der Waals surface area (Å²) in [5.74, 6) is 1.20. The highest BCUT2D eigenvalue weighted by atomic mass is 16.5. The van der Waals surface area contributed by atoms with Gasteiger partial charge in [-0.1, -0.05) is 12.1 Å². The molecule has 2 aromatic rings. The maximum atomic E-state index is 13.0. The van der Waals surface area contributed by atoms with Gasteiger partial charge in [0.1, 0.15) is 5.75 Å². The molecule has 0 aromatic heterocycles. The molecule has 1 aliphatic carbocycles. The second-order valence-corrected chi connectivity index (χ2v) is 9.84. The van der Waals surface area contributed by atoms with Crippen LogP contribution in [0.25, 0.3) is 0 Å². The highest BCUT2D eigenvalue weighted by molar-refractivity contribution is 5.94. The Morgan fingerprint density at radius 3 is 2.53 bits per heavy atom. The standard InChI is InChI=1S/C27H33N3O4/c1-16-4-7-21(12-25(16)33-3)28-26(31)18-5-8-22(9-6-18)30-13-23-17(2)10-19(20-14-34-15-20)11-24(23)29-27(30)32/h4,7,10-12,18,20,22H,5-6,8-9,13-15H2,1-3H3,(H,28,31)(H,29,32). The highest BCUT2D eigenvalue weighted by Gasteiger charge is 2.35. The Kier molecular flexibility index (Phi) is 6.21. The third kappa shape index (κ3) is 4.37. The van der Waals surface area contributed by atoms with Crippen LogP contribution in [-0.2, 0) is 16.1 Å². The van der Waals surface area contributed by atoms with E-state index in [1.54, 1.807) is 7.11 Å². The van der Waals surface area contributed by atoms with E-state index in [-0.39, 0.29) is 23.9 Å². The lowest BCUT2D eigenvalue weighted by Gasteiger charge is -2.40. The van der Waals surface area contributed by atoms with E-state index in [4.69, 9.17) is 9.47 Å². The summed E-state index contributed by atoms with van der Waals surface area (Å²) in [7, 11) is 1.63. The number of benzene rings is 2. The van der Waals surface area contributed by atoms with Crippen molar-refractivity contribution < 1.29 is 19.1 Å². The Labute approximate surface area is 200 Å². The van der Waals surface area contributed by atoms with Gasteiger partial charge in [0.15, 0.2) is 0 Å². The Bertz CT molecular complexity index is 1100. The molecule has 2 fully saturated rings. The van der Waals surface area contributed by atoms with Crippen LogP contribution in [0.15, 0.2) is 30.3 Å². The number of nitrogens with one attached hydrogen (secondary N) is 2. The van der Waals surface area contributed by atoms with Crippen molar-refractivity contribution >= 4 is 23.3 Å². The molecule has 2 aromatic carbocycles. The van der Waals surface area contributed by atoms with Gasteiger partial charge < -0.3 is 25.0 Å². The predicted octanol–water partition coefficient (Wildman–Crippen LogP) is 4.97. The first kappa shape index (κ1) is 22.7. The molecule has 2 aliphatic heterocycles. The molecule has 1 saturated heterocycles. The van der Waals surface area contributed by atoms with Crippen LogP contribution in [-0.4, -0.2) is 43.2 Å². The number of hydrogen-bond acceptors (Lipinski definition) is 4. The Balaban J connectivity index is 1.20. The fourth-order valence-electron chi connectivity index (χ4n) is 5.35. The van der Waals surface area contributed by atoms with Crippen molar-refractivity contribution in [3.8, 4) is 5.75 Å². The molecular formula is C27H33N3O4. The summed E-state index contributed by atoms with van der Waals surface area (Å²) in [5.41, 5.74) is 6.37. The smallest absolute Gasteiger partial charge is 0.322 e. The maximum Gasteiger partial charge on any atom is 0.322 e. The van der Waals surface area contributed by atoms with Crippen molar-refractivity contribution in [2.75, 3.05) is 31.0 Å². The normalized spacial score (nSPS) is 22.4. The Morgan fingerprint density at radius 2 is 1.85 bits per heavy atom. The van der Waals surface area contributed by atoms with E-state index in [2.05, 4.69) is 29.7 Å². The Hall–Kier alpha value is -3.06. The van der Waals surface area contributed by atoms with Crippen LogP contribution < -0.4 is 15.4 Å². The van der Waals surface area contributed by atoms with Crippen molar-refractivity contribution in [2.45, 2.75) is 58.0 Å². The summed E-state index contributed by atoms with van der Waals surface area (Å²) in [6, 6.07) is 10.2. The van der Waals surface area contributed by atoms with Crippen LogP contribution in [0.3, 0.4) is 0 Å². The maximum absolute atomic E-state index is 13.0. The second-order valence-electron chi connectivity index (χ2n) is 9.84. The van der Waals surface area contributed by atoms with Crippen molar-refractivity contribution in [2.24, 2.45) is 5.92 Å². The number of methoxy groups -OCH3 is 1. The van der Waals surface area contributed by atoms with Crippen molar-refractivity contribution in [3.63, 3.8) is 0 Å². The summed E-state index contributed by atoms with van der Waals surface area (Å²) in [6.45, 7) is 6.24. The van der Waals surface area contributed by atoms with Gasteiger partial charge in [-0.15, -0.1) is 0 Å². The molecule has 7 nitrogen and oxygen atoms in total. The van der Waals surface area contributed by atoms with Crippen LogP contribution in [0.4, 0.5) is 16.2 Å². The lowest BCUT2D eigenvalue weighted by atomic mass is 9.84. The van der Waals surface area contributed by atoms with Gasteiger partial charge in [-0.2, -0.15) is 0 Å². The number of anilines is 2. The second kappa shape index (κ2) is 9.29. The molecule has 7 heteroatoms. The van der Waals surface area contributed by atoms with Crippen LogP contribution in [0.2, 0.25) is 0 Å². The van der Waals surface area contributed by atoms with Crippen molar-refractivity contribution in [3.05, 3.63) is 52.6 Å². The number of urea groups is 1. The fraction of sp³-hybridized carbons (Fsp3) is 0.481. The number of carbonyl (C=O) groups excluding carboxylic acids is 2. The number of hydrogen-bond donors (Lipinski definition) is 2. The minimum atomic E-state index is -0.0438. The Morgan fingerprint density at radius 1 is 1.09 bits per heavy atom. The summed E-state index contributed by atoms with van der Waals surface area (Å²) < 4.78 is 10.7. The molecule has 0 unspecified atom stereocenters. The van der Waals surface area contributed by atoms with Gasteiger partial charge in [0.25, 0.3) is 0 Å². The third-order valence-electron chi connectivity index (χ3n) is 7.62. The zero-order chi connectivity index (χ0) is 23.8. The van der Waals surface area contributed by atoms with Gasteiger partial charge in [-0.05, 0) is 73.9 Å². The summed E-state index contributed by atoms with van der Waals surface area (Å²) in [5, 5.41) is 6.17. The fourth-order valence-corrected chi connectivity index (χ4v) is 5.35. The SMILES string of the molecule is COc1cc(NC(=O)C2CCC(N3Cc4c(C)cc(C5COC5)cc4NC3=O)CC2)ccc1C. The van der Waals surface area contributed by atoms with Gasteiger partial charge in [-0.3, -0.25) is 4.79 Å². The zero-order valence-corrected chi connectivity index (χ0v) is 20.1. The quantitative estimate of drug-likeness (QED) is 0.656. The number of carbonyl (C=O) groups is 2. The molecule has 2 N–H and O–H groups in total. The largest absolute Gasteiger partial charge is 0.496 e. The first-order valence-corrected chi connectivity index (χ1v) is 12.2. The lowest BCUT2D eigenvalue weighted by Crippen LogP contribution is -2.47. The molecule has 0 radical (unpaired) electrons. The van der Waals surface area contributed by atoms with Crippen LogP contribution in [0, 0.1) is 19.8 Å². The van der Waals surface area contributed by atoms with E-state index in [1.807, 2.05) is 30.0 Å². The summed E-state index contributed by atoms with van der Waals surface area (Å²) in [4.78, 5) is 27.8. The minimum Gasteiger partial charge on any atom is -0.496 e. The molecule has 34 heavy (non-hydrogen) atoms. The molecule has 5 rings (SSSR count). The topological polar surface area (TPSA) is 79.9 Å². The van der Waals surface area contributed by atoms with Crippen LogP contribution in [0.5, 0.6) is 5.75 Å². The van der Waals surface area contributed by atoms with Gasteiger partial charge in [0, 0.05) is 35.3 Å². The zero-order valence-electron chi connectivity index (χ0n) is 20.1. The van der Waals surface area contributed by atoms with E-state index >= 15 is 0 Å². The average Bonchev–Trinajstić information content (AvgIpc) is 2.79. The molecular weight excluding hydrogens is 430 g/mol. The molecule has 0 bridgehead atoms. The lowest BCUT2D eigenvalue weighted by molar-refractivity contribution is -0.121. The molecule has 180 valence electrons. The first-order chi connectivity index (χ1) is 16.4. The van der Waals surface area contributed by atoms with Gasteiger partial charge in [-0.25, -0.2) is 4.79 Å². The number of rotatable bonds is 5.